The van der Waals surface area contributed by atoms with Crippen LogP contribution in [-0.4, -0.2) is 4.86 Å². The molecule has 0 bridgehead atoms. The Morgan fingerprint density at radius 2 is 1.50 bits per heavy atom. The van der Waals surface area contributed by atoms with Crippen LogP contribution in [0.15, 0.2) is 0 Å². The van der Waals surface area contributed by atoms with Crippen molar-refractivity contribution in [1.82, 2.24) is 0 Å². The van der Waals surface area contributed by atoms with Gasteiger partial charge in [0.15, 0.2) is 0 Å². The number of thiocarbonyl (C=S) groups is 1. The van der Waals surface area contributed by atoms with Crippen molar-refractivity contribution in [2.75, 3.05) is 0 Å². The van der Waals surface area contributed by atoms with Crippen LogP contribution in [0.4, 0.5) is 0 Å². The van der Waals surface area contributed by atoms with Crippen LogP contribution < -0.4 is 0 Å². The first-order chi connectivity index (χ1) is 6.03. The monoisotopic (exact) mass is 214 g/mol. The van der Waals surface area contributed by atoms with E-state index < -0.39 is 0 Å². The molecule has 0 heterocycles. The number of hydrogen-bond acceptors (Lipinski definition) is 1. The predicted octanol–water partition coefficient (Wildman–Crippen LogP) is 4.86. The Morgan fingerprint density at radius 3 is 1.79 bits per heavy atom. The lowest BCUT2D eigenvalue weighted by atomic mass is 9.73. The third-order valence-corrected chi connectivity index (χ3v) is 2.92. The van der Waals surface area contributed by atoms with Crippen molar-refractivity contribution in [3.8, 4) is 0 Å². The normalized spacial score (nSPS) is 13.4. The lowest BCUT2D eigenvalue weighted by molar-refractivity contribution is 0.219. The van der Waals surface area contributed by atoms with Crippen molar-refractivity contribution < 1.29 is 0 Å². The third kappa shape index (κ3) is 6.53. The van der Waals surface area contributed by atoms with Gasteiger partial charge in [-0.25, -0.2) is 0 Å². The molecule has 0 atom stereocenters. The second kappa shape index (κ2) is 4.74. The molecule has 0 fully saturated rings. The van der Waals surface area contributed by atoms with E-state index >= 15 is 0 Å². The summed E-state index contributed by atoms with van der Waals surface area (Å²) in [6, 6.07) is 0. The Kier molecular flexibility index (Phi) is 4.77. The Bertz CT molecular complexity index is 194. The highest BCUT2D eigenvalue weighted by Gasteiger charge is 2.26. The van der Waals surface area contributed by atoms with E-state index in [4.69, 9.17) is 12.2 Å². The van der Waals surface area contributed by atoms with E-state index in [1.165, 1.54) is 11.3 Å². The molecule has 0 saturated heterocycles. The number of hydrogen-bond donors (Lipinski definition) is 0. The smallest absolute Gasteiger partial charge is 0.00408 e. The van der Waals surface area contributed by atoms with Crippen molar-refractivity contribution in [1.29, 1.82) is 0 Å². The van der Waals surface area contributed by atoms with Crippen molar-refractivity contribution in [3.05, 3.63) is 0 Å². The number of rotatable bonds is 4. The highest BCUT2D eigenvalue weighted by molar-refractivity contribution is 7.80. The lowest BCUT2D eigenvalue weighted by Gasteiger charge is -2.33. The van der Waals surface area contributed by atoms with Gasteiger partial charge in [-0.2, -0.15) is 0 Å². The summed E-state index contributed by atoms with van der Waals surface area (Å²) >= 11 is 5.42. The zero-order chi connectivity index (χ0) is 11.6. The Labute approximate surface area is 95.5 Å². The molecule has 0 radical (unpaired) electrons. The van der Waals surface area contributed by atoms with Crippen LogP contribution in [0, 0.1) is 16.7 Å². The second-order valence-electron chi connectivity index (χ2n) is 6.70. The topological polar surface area (TPSA) is 0 Å². The third-order valence-electron chi connectivity index (χ3n) is 2.31. The van der Waals surface area contributed by atoms with Gasteiger partial charge in [0.1, 0.15) is 0 Å². The SMILES string of the molecule is CC(C)C(=S)CC(C)(C)CC(C)(C)C. The second-order valence-corrected chi connectivity index (χ2v) is 7.22. The van der Waals surface area contributed by atoms with Crippen LogP contribution >= 0.6 is 12.2 Å². The highest BCUT2D eigenvalue weighted by atomic mass is 32.1. The molecular weight excluding hydrogens is 188 g/mol. The maximum absolute atomic E-state index is 5.42. The minimum atomic E-state index is 0.347. The molecule has 0 aliphatic carbocycles. The molecule has 0 spiro atoms. The first-order valence-electron chi connectivity index (χ1n) is 5.56. The fourth-order valence-corrected chi connectivity index (χ4v) is 2.56. The fraction of sp³-hybridized carbons (Fsp3) is 0.923. The molecule has 14 heavy (non-hydrogen) atoms. The van der Waals surface area contributed by atoms with Gasteiger partial charge in [-0.1, -0.05) is 60.7 Å². The van der Waals surface area contributed by atoms with Crippen molar-refractivity contribution in [2.45, 2.75) is 61.3 Å². The van der Waals surface area contributed by atoms with Crippen molar-refractivity contribution in [3.63, 3.8) is 0 Å². The molecule has 0 amide bonds. The maximum atomic E-state index is 5.42. The van der Waals surface area contributed by atoms with Gasteiger partial charge in [-0.15, -0.1) is 0 Å². The van der Waals surface area contributed by atoms with Crippen LogP contribution in [0.2, 0.25) is 0 Å². The highest BCUT2D eigenvalue weighted by Crippen LogP contribution is 2.36. The van der Waals surface area contributed by atoms with Crippen LogP contribution in [0.3, 0.4) is 0 Å². The standard InChI is InChI=1S/C13H26S/c1-10(2)11(14)8-13(6,7)9-12(3,4)5/h10H,8-9H2,1-7H3. The van der Waals surface area contributed by atoms with Crippen LogP contribution in [-0.2, 0) is 0 Å². The van der Waals surface area contributed by atoms with E-state index in [1.807, 2.05) is 0 Å². The summed E-state index contributed by atoms with van der Waals surface area (Å²) in [6.45, 7) is 15.9. The van der Waals surface area contributed by atoms with Crippen molar-refractivity contribution >= 4 is 17.1 Å². The summed E-state index contributed by atoms with van der Waals surface area (Å²) in [5.41, 5.74) is 0.746. The first-order valence-corrected chi connectivity index (χ1v) is 5.97. The molecule has 0 saturated carbocycles. The van der Waals surface area contributed by atoms with Gasteiger partial charge in [-0.05, 0) is 34.5 Å². The van der Waals surface area contributed by atoms with Crippen LogP contribution in [0.5, 0.6) is 0 Å². The fourth-order valence-electron chi connectivity index (χ4n) is 2.17. The molecule has 0 nitrogen and oxygen atoms in total. The average Bonchev–Trinajstić information content (AvgIpc) is 1.78. The van der Waals surface area contributed by atoms with E-state index in [0.29, 0.717) is 16.7 Å². The summed E-state index contributed by atoms with van der Waals surface area (Å²) < 4.78 is 0. The van der Waals surface area contributed by atoms with Crippen molar-refractivity contribution in [2.24, 2.45) is 16.7 Å². The molecule has 0 aliphatic heterocycles. The van der Waals surface area contributed by atoms with E-state index in [-0.39, 0.29) is 0 Å². The maximum Gasteiger partial charge on any atom is -0.00408 e. The first kappa shape index (κ1) is 14.1. The summed E-state index contributed by atoms with van der Waals surface area (Å²) in [4.78, 5) is 1.22. The zero-order valence-corrected chi connectivity index (χ0v) is 11.7. The zero-order valence-electron chi connectivity index (χ0n) is 10.9. The molecule has 0 rings (SSSR count). The predicted molar refractivity (Wildman–Crippen MR) is 69.9 cm³/mol. The van der Waals surface area contributed by atoms with E-state index in [9.17, 15) is 0 Å². The Morgan fingerprint density at radius 1 is 1.07 bits per heavy atom. The Balaban J connectivity index is 4.28. The van der Waals surface area contributed by atoms with Gasteiger partial charge < -0.3 is 0 Å². The molecule has 0 aliphatic rings. The lowest BCUT2D eigenvalue weighted by Crippen LogP contribution is -2.24. The van der Waals surface area contributed by atoms with E-state index in [2.05, 4.69) is 48.5 Å². The summed E-state index contributed by atoms with van der Waals surface area (Å²) in [5.74, 6) is 0.546. The van der Waals surface area contributed by atoms with Crippen LogP contribution in [0.1, 0.15) is 61.3 Å². The van der Waals surface area contributed by atoms with Gasteiger partial charge in [0.05, 0.1) is 0 Å². The summed E-state index contributed by atoms with van der Waals surface area (Å²) in [7, 11) is 0. The molecule has 0 aromatic heterocycles. The largest absolute Gasteiger partial charge is 0.0894 e. The Hall–Kier alpha value is 0.0900. The molecule has 84 valence electrons. The van der Waals surface area contributed by atoms with E-state index in [1.54, 1.807) is 0 Å². The molecule has 0 N–H and O–H groups in total. The van der Waals surface area contributed by atoms with Crippen LogP contribution in [0.25, 0.3) is 0 Å². The average molecular weight is 214 g/mol. The molecule has 0 aromatic carbocycles. The van der Waals surface area contributed by atoms with Gasteiger partial charge in [0.25, 0.3) is 0 Å². The molecule has 1 heteroatoms. The minimum Gasteiger partial charge on any atom is -0.0894 e. The molecule has 0 aromatic rings. The van der Waals surface area contributed by atoms with Gasteiger partial charge in [0, 0.05) is 0 Å². The quantitative estimate of drug-likeness (QED) is 0.602. The van der Waals surface area contributed by atoms with Gasteiger partial charge >= 0.3 is 0 Å². The minimum absolute atomic E-state index is 0.347. The van der Waals surface area contributed by atoms with Gasteiger partial charge in [0.2, 0.25) is 0 Å². The molecular formula is C13H26S. The summed E-state index contributed by atoms with van der Waals surface area (Å²) in [6.07, 6.45) is 2.31. The van der Waals surface area contributed by atoms with Gasteiger partial charge in [-0.3, -0.25) is 0 Å². The summed E-state index contributed by atoms with van der Waals surface area (Å²) in [5, 5.41) is 0. The van der Waals surface area contributed by atoms with E-state index in [0.717, 1.165) is 6.42 Å². The molecule has 0 unspecified atom stereocenters.